The third kappa shape index (κ3) is 4.01. The quantitative estimate of drug-likeness (QED) is 0.912. The second kappa shape index (κ2) is 7.55. The number of hydrogen-bond donors (Lipinski definition) is 1. The summed E-state index contributed by atoms with van der Waals surface area (Å²) >= 11 is 0. The van der Waals surface area contributed by atoms with Crippen molar-refractivity contribution in [2.24, 2.45) is 0 Å². The predicted octanol–water partition coefficient (Wildman–Crippen LogP) is 2.34. The number of halogens is 1. The molecule has 1 N–H and O–H groups in total. The number of benzene rings is 1. The lowest BCUT2D eigenvalue weighted by Crippen LogP contribution is -2.50. The minimum absolute atomic E-state index is 0.220. The van der Waals surface area contributed by atoms with E-state index < -0.39 is 0 Å². The van der Waals surface area contributed by atoms with E-state index in [-0.39, 0.29) is 11.8 Å². The third-order valence-electron chi connectivity index (χ3n) is 4.41. The van der Waals surface area contributed by atoms with Gasteiger partial charge >= 0.3 is 6.03 Å². The molecule has 0 aliphatic carbocycles. The van der Waals surface area contributed by atoms with Gasteiger partial charge in [-0.2, -0.15) is 0 Å². The molecule has 1 aromatic carbocycles. The van der Waals surface area contributed by atoms with Crippen LogP contribution in [0.5, 0.6) is 0 Å². The highest BCUT2D eigenvalue weighted by atomic mass is 19.1. The molecule has 1 aliphatic rings. The van der Waals surface area contributed by atoms with Gasteiger partial charge in [0.25, 0.3) is 0 Å². The normalized spacial score (nSPS) is 14.3. The van der Waals surface area contributed by atoms with Crippen molar-refractivity contribution in [1.82, 2.24) is 15.1 Å². The lowest BCUT2D eigenvalue weighted by molar-refractivity contribution is 0.208. The van der Waals surface area contributed by atoms with Crippen molar-refractivity contribution < 1.29 is 9.18 Å². The minimum atomic E-state index is -0.327. The van der Waals surface area contributed by atoms with Gasteiger partial charge in [-0.25, -0.2) is 9.18 Å². The largest absolute Gasteiger partial charge is 0.361 e. The van der Waals surface area contributed by atoms with Gasteiger partial charge in [0.05, 0.1) is 0 Å². The van der Waals surface area contributed by atoms with E-state index in [0.717, 1.165) is 11.6 Å². The van der Waals surface area contributed by atoms with E-state index in [1.807, 2.05) is 31.1 Å². The van der Waals surface area contributed by atoms with E-state index in [1.165, 1.54) is 6.07 Å². The first-order valence-electron chi connectivity index (χ1n) is 8.52. The van der Waals surface area contributed by atoms with E-state index >= 15 is 0 Å². The Labute approximate surface area is 152 Å². The molecule has 2 heterocycles. The molecule has 0 unspecified atom stereocenters. The van der Waals surface area contributed by atoms with Crippen molar-refractivity contribution >= 4 is 23.4 Å². The maximum absolute atomic E-state index is 13.6. The molecule has 0 saturated carbocycles. The number of rotatable bonds is 3. The summed E-state index contributed by atoms with van der Waals surface area (Å²) in [5, 5.41) is 11.2. The van der Waals surface area contributed by atoms with Crippen LogP contribution in [0, 0.1) is 12.7 Å². The Morgan fingerprint density at radius 3 is 2.42 bits per heavy atom. The number of hydrogen-bond acceptors (Lipinski definition) is 5. The van der Waals surface area contributed by atoms with Crippen molar-refractivity contribution in [2.45, 2.75) is 6.92 Å². The number of piperazine rings is 1. The molecule has 0 atom stereocenters. The first-order valence-corrected chi connectivity index (χ1v) is 8.52. The zero-order valence-electron chi connectivity index (χ0n) is 15.2. The lowest BCUT2D eigenvalue weighted by atomic mass is 10.2. The van der Waals surface area contributed by atoms with Crippen LogP contribution in [0.2, 0.25) is 0 Å². The fourth-order valence-corrected chi connectivity index (χ4v) is 2.74. The molecule has 0 spiro atoms. The summed E-state index contributed by atoms with van der Waals surface area (Å²) < 4.78 is 13.6. The van der Waals surface area contributed by atoms with Crippen LogP contribution in [-0.4, -0.2) is 61.4 Å². The number of aryl methyl sites for hydroxylation is 1. The highest BCUT2D eigenvalue weighted by molar-refractivity contribution is 5.89. The number of urea groups is 1. The molecule has 1 aromatic heterocycles. The molecule has 1 aliphatic heterocycles. The fourth-order valence-electron chi connectivity index (χ4n) is 2.74. The summed E-state index contributed by atoms with van der Waals surface area (Å²) in [4.78, 5) is 18.1. The number of carbonyl (C=O) groups is 1. The average Bonchev–Trinajstić information content (AvgIpc) is 2.65. The van der Waals surface area contributed by atoms with Crippen molar-refractivity contribution in [3.63, 3.8) is 0 Å². The number of carbonyl (C=O) groups excluding carboxylic acids is 1. The zero-order valence-corrected chi connectivity index (χ0v) is 15.2. The average molecular weight is 358 g/mol. The van der Waals surface area contributed by atoms with Gasteiger partial charge in [-0.1, -0.05) is 6.07 Å². The molecular weight excluding hydrogens is 335 g/mol. The maximum atomic E-state index is 13.6. The highest BCUT2D eigenvalue weighted by Crippen LogP contribution is 2.17. The van der Waals surface area contributed by atoms with Gasteiger partial charge in [0.1, 0.15) is 5.82 Å². The Hall–Kier alpha value is -2.90. The third-order valence-corrected chi connectivity index (χ3v) is 4.41. The van der Waals surface area contributed by atoms with Gasteiger partial charge in [-0.3, -0.25) is 0 Å². The Balaban J connectivity index is 1.55. The van der Waals surface area contributed by atoms with E-state index in [1.54, 1.807) is 24.0 Å². The van der Waals surface area contributed by atoms with Gasteiger partial charge in [0.2, 0.25) is 0 Å². The van der Waals surface area contributed by atoms with Crippen LogP contribution in [0.1, 0.15) is 5.56 Å². The fraction of sp³-hybridized carbons (Fsp3) is 0.389. The van der Waals surface area contributed by atoms with Crippen molar-refractivity contribution in [3.05, 3.63) is 41.7 Å². The van der Waals surface area contributed by atoms with Crippen LogP contribution in [0.15, 0.2) is 30.3 Å². The molecule has 1 fully saturated rings. The van der Waals surface area contributed by atoms with Gasteiger partial charge < -0.3 is 20.0 Å². The first kappa shape index (κ1) is 17.9. The molecule has 26 heavy (non-hydrogen) atoms. The standard InChI is InChI=1S/C18H23FN6O/c1-13-4-5-14(12-15(13)19)20-18(26)25-10-8-24(9-11-25)17-7-6-16(21-22-17)23(2)3/h4-7,12H,8-11H2,1-3H3,(H,20,26). The number of amides is 2. The SMILES string of the molecule is Cc1ccc(NC(=O)N2CCN(c3ccc(N(C)C)nn3)CC2)cc1F. The van der Waals surface area contributed by atoms with Crippen molar-refractivity contribution in [2.75, 3.05) is 55.4 Å². The molecule has 2 amide bonds. The Morgan fingerprint density at radius 2 is 1.85 bits per heavy atom. The second-order valence-corrected chi connectivity index (χ2v) is 6.51. The van der Waals surface area contributed by atoms with E-state index in [0.29, 0.717) is 37.4 Å². The van der Waals surface area contributed by atoms with Crippen LogP contribution in [0.4, 0.5) is 26.5 Å². The van der Waals surface area contributed by atoms with Crippen molar-refractivity contribution in [1.29, 1.82) is 0 Å². The van der Waals surface area contributed by atoms with Crippen LogP contribution in [0.25, 0.3) is 0 Å². The molecule has 2 aromatic rings. The molecule has 8 heteroatoms. The first-order chi connectivity index (χ1) is 12.4. The van der Waals surface area contributed by atoms with Crippen LogP contribution in [0.3, 0.4) is 0 Å². The van der Waals surface area contributed by atoms with Gasteiger partial charge in [0.15, 0.2) is 11.6 Å². The van der Waals surface area contributed by atoms with E-state index in [9.17, 15) is 9.18 Å². The second-order valence-electron chi connectivity index (χ2n) is 6.51. The van der Waals surface area contributed by atoms with Gasteiger partial charge in [0, 0.05) is 46.0 Å². The summed E-state index contributed by atoms with van der Waals surface area (Å²) in [5.74, 6) is 1.28. The molecule has 138 valence electrons. The number of anilines is 3. The van der Waals surface area contributed by atoms with E-state index in [4.69, 9.17) is 0 Å². The lowest BCUT2D eigenvalue weighted by Gasteiger charge is -2.35. The van der Waals surface area contributed by atoms with E-state index in [2.05, 4.69) is 20.4 Å². The Bertz CT molecular complexity index is 772. The van der Waals surface area contributed by atoms with Gasteiger partial charge in [-0.05, 0) is 36.8 Å². The van der Waals surface area contributed by atoms with Gasteiger partial charge in [-0.15, -0.1) is 10.2 Å². The molecule has 7 nitrogen and oxygen atoms in total. The number of nitrogens with zero attached hydrogens (tertiary/aromatic N) is 5. The zero-order chi connectivity index (χ0) is 18.7. The van der Waals surface area contributed by atoms with Crippen molar-refractivity contribution in [3.8, 4) is 0 Å². The maximum Gasteiger partial charge on any atom is 0.321 e. The monoisotopic (exact) mass is 358 g/mol. The molecule has 0 bridgehead atoms. The summed E-state index contributed by atoms with van der Waals surface area (Å²) in [6, 6.07) is 8.33. The topological polar surface area (TPSA) is 64.6 Å². The Kier molecular flexibility index (Phi) is 5.20. The molecule has 3 rings (SSSR count). The highest BCUT2D eigenvalue weighted by Gasteiger charge is 2.22. The summed E-state index contributed by atoms with van der Waals surface area (Å²) in [6.45, 7) is 4.17. The summed E-state index contributed by atoms with van der Waals surface area (Å²) in [6.07, 6.45) is 0. The Morgan fingerprint density at radius 1 is 1.12 bits per heavy atom. The predicted molar refractivity (Wildman–Crippen MR) is 100 cm³/mol. The molecule has 0 radical (unpaired) electrons. The van der Waals surface area contributed by atoms with Crippen LogP contribution in [-0.2, 0) is 0 Å². The van der Waals surface area contributed by atoms with Crippen LogP contribution < -0.4 is 15.1 Å². The number of aromatic nitrogens is 2. The smallest absolute Gasteiger partial charge is 0.321 e. The summed E-state index contributed by atoms with van der Waals surface area (Å²) in [5.41, 5.74) is 1.02. The molecule has 1 saturated heterocycles. The van der Waals surface area contributed by atoms with Crippen LogP contribution >= 0.6 is 0 Å². The molecular formula is C18H23FN6O. The number of nitrogens with one attached hydrogen (secondary N) is 1. The minimum Gasteiger partial charge on any atom is -0.361 e. The summed E-state index contributed by atoms with van der Waals surface area (Å²) in [7, 11) is 3.84.